The summed E-state index contributed by atoms with van der Waals surface area (Å²) in [4.78, 5) is 30.2. The summed E-state index contributed by atoms with van der Waals surface area (Å²) in [6.07, 6.45) is 5.41. The van der Waals surface area contributed by atoms with Crippen molar-refractivity contribution in [3.63, 3.8) is 0 Å². The summed E-state index contributed by atoms with van der Waals surface area (Å²) in [5.74, 6) is 1.16. The van der Waals surface area contributed by atoms with Gasteiger partial charge in [-0.05, 0) is 11.6 Å². The number of nitrogens with one attached hydrogen (secondary N) is 1. The van der Waals surface area contributed by atoms with Crippen molar-refractivity contribution in [1.29, 1.82) is 0 Å². The minimum Gasteiger partial charge on any atom is -0.495 e. The van der Waals surface area contributed by atoms with Crippen molar-refractivity contribution in [1.82, 2.24) is 24.8 Å². The zero-order chi connectivity index (χ0) is 18.8. The van der Waals surface area contributed by atoms with Crippen molar-refractivity contribution in [2.24, 2.45) is 0 Å². The average Bonchev–Trinajstić information content (AvgIpc) is 2.70. The standard InChI is InChI=1S/C19H18ClN5O2/c1-27-16-4-2-3-12(17(16)20)9-25-6-5-15-14(10-25)19(26)24-18(23-15)13-7-21-11-22-8-13/h2-4,7-8,11H,5-6,9-10H2,1H3,(H,23,24,26). The van der Waals surface area contributed by atoms with Crippen LogP contribution in [0.5, 0.6) is 5.75 Å². The monoisotopic (exact) mass is 383 g/mol. The molecule has 27 heavy (non-hydrogen) atoms. The van der Waals surface area contributed by atoms with Gasteiger partial charge < -0.3 is 9.72 Å². The van der Waals surface area contributed by atoms with Crippen molar-refractivity contribution >= 4 is 11.6 Å². The van der Waals surface area contributed by atoms with Gasteiger partial charge in [-0.2, -0.15) is 0 Å². The molecule has 0 amide bonds. The van der Waals surface area contributed by atoms with Crippen LogP contribution in [0, 0.1) is 0 Å². The van der Waals surface area contributed by atoms with Crippen LogP contribution in [0.25, 0.3) is 11.4 Å². The molecule has 0 radical (unpaired) electrons. The summed E-state index contributed by atoms with van der Waals surface area (Å²) in [5, 5.41) is 0.609. The Balaban J connectivity index is 1.58. The smallest absolute Gasteiger partial charge is 0.255 e. The van der Waals surface area contributed by atoms with Crippen molar-refractivity contribution in [2.75, 3.05) is 13.7 Å². The van der Waals surface area contributed by atoms with E-state index in [1.54, 1.807) is 19.5 Å². The second kappa shape index (κ2) is 7.46. The minimum absolute atomic E-state index is 0.125. The molecule has 8 heteroatoms. The third-order valence-electron chi connectivity index (χ3n) is 4.64. The maximum Gasteiger partial charge on any atom is 0.255 e. The van der Waals surface area contributed by atoms with Crippen molar-refractivity contribution in [3.05, 3.63) is 69.1 Å². The van der Waals surface area contributed by atoms with Gasteiger partial charge in [0.25, 0.3) is 5.56 Å². The number of rotatable bonds is 4. The van der Waals surface area contributed by atoms with Crippen LogP contribution in [0.1, 0.15) is 16.8 Å². The Morgan fingerprint density at radius 3 is 2.89 bits per heavy atom. The third-order valence-corrected chi connectivity index (χ3v) is 5.07. The quantitative estimate of drug-likeness (QED) is 0.745. The van der Waals surface area contributed by atoms with Crippen LogP contribution in [-0.4, -0.2) is 38.5 Å². The number of hydrogen-bond acceptors (Lipinski definition) is 6. The first-order valence-corrected chi connectivity index (χ1v) is 8.94. The van der Waals surface area contributed by atoms with E-state index < -0.39 is 0 Å². The zero-order valence-electron chi connectivity index (χ0n) is 14.8. The largest absolute Gasteiger partial charge is 0.495 e. The molecule has 4 rings (SSSR count). The number of aromatic amines is 1. The number of benzene rings is 1. The van der Waals surface area contributed by atoms with E-state index in [1.165, 1.54) is 6.33 Å². The predicted molar refractivity (Wildman–Crippen MR) is 102 cm³/mol. The molecule has 0 saturated heterocycles. The number of nitrogens with zero attached hydrogens (tertiary/aromatic N) is 4. The maximum absolute atomic E-state index is 12.6. The number of H-pyrrole nitrogens is 1. The highest BCUT2D eigenvalue weighted by molar-refractivity contribution is 6.32. The molecule has 1 aliphatic rings. The third kappa shape index (κ3) is 3.56. The molecule has 2 aromatic heterocycles. The Bertz CT molecular complexity index is 1020. The lowest BCUT2D eigenvalue weighted by atomic mass is 10.1. The highest BCUT2D eigenvalue weighted by atomic mass is 35.5. The van der Waals surface area contributed by atoms with Crippen LogP contribution in [-0.2, 0) is 19.5 Å². The van der Waals surface area contributed by atoms with Crippen molar-refractivity contribution in [2.45, 2.75) is 19.5 Å². The summed E-state index contributed by atoms with van der Waals surface area (Å²) in [6.45, 7) is 1.96. The maximum atomic E-state index is 12.6. The van der Waals surface area contributed by atoms with Crippen LogP contribution < -0.4 is 10.3 Å². The number of methoxy groups -OCH3 is 1. The molecule has 1 N–H and O–H groups in total. The van der Waals surface area contributed by atoms with Crippen LogP contribution in [0.2, 0.25) is 5.02 Å². The van der Waals surface area contributed by atoms with Gasteiger partial charge in [-0.15, -0.1) is 0 Å². The molecule has 0 aliphatic carbocycles. The zero-order valence-corrected chi connectivity index (χ0v) is 15.5. The number of hydrogen-bond donors (Lipinski definition) is 1. The molecule has 0 saturated carbocycles. The fraction of sp³-hybridized carbons (Fsp3) is 0.263. The van der Waals surface area contributed by atoms with Gasteiger partial charge in [0.2, 0.25) is 0 Å². The molecule has 3 heterocycles. The first-order valence-electron chi connectivity index (χ1n) is 8.57. The first kappa shape index (κ1) is 17.6. The second-order valence-electron chi connectivity index (χ2n) is 6.36. The highest BCUT2D eigenvalue weighted by Crippen LogP contribution is 2.29. The number of halogens is 1. The minimum atomic E-state index is -0.125. The van der Waals surface area contributed by atoms with E-state index in [4.69, 9.17) is 16.3 Å². The van der Waals surface area contributed by atoms with E-state index in [2.05, 4.69) is 24.8 Å². The van der Waals surface area contributed by atoms with E-state index in [9.17, 15) is 4.79 Å². The Labute approximate surface area is 161 Å². The lowest BCUT2D eigenvalue weighted by Crippen LogP contribution is -2.35. The van der Waals surface area contributed by atoms with Crippen molar-refractivity contribution in [3.8, 4) is 17.1 Å². The van der Waals surface area contributed by atoms with Crippen molar-refractivity contribution < 1.29 is 4.74 Å². The van der Waals surface area contributed by atoms with Gasteiger partial charge in [-0.25, -0.2) is 15.0 Å². The summed E-state index contributed by atoms with van der Waals surface area (Å²) >= 11 is 6.40. The lowest BCUT2D eigenvalue weighted by Gasteiger charge is -2.28. The van der Waals surface area contributed by atoms with Crippen LogP contribution in [0.3, 0.4) is 0 Å². The molecule has 0 bridgehead atoms. The lowest BCUT2D eigenvalue weighted by molar-refractivity contribution is 0.241. The molecule has 1 aromatic carbocycles. The molecular weight excluding hydrogens is 366 g/mol. The average molecular weight is 384 g/mol. The molecule has 0 atom stereocenters. The normalized spacial score (nSPS) is 14.0. The molecule has 0 spiro atoms. The summed E-state index contributed by atoms with van der Waals surface area (Å²) < 4.78 is 5.28. The van der Waals surface area contributed by atoms with Gasteiger partial charge in [0.1, 0.15) is 17.9 Å². The molecule has 0 unspecified atom stereocenters. The van der Waals surface area contributed by atoms with Gasteiger partial charge >= 0.3 is 0 Å². The van der Waals surface area contributed by atoms with Crippen LogP contribution >= 0.6 is 11.6 Å². The van der Waals surface area contributed by atoms with Crippen LogP contribution in [0.4, 0.5) is 0 Å². The number of aromatic nitrogens is 4. The number of ether oxygens (including phenoxy) is 1. The fourth-order valence-corrected chi connectivity index (χ4v) is 3.51. The Hall–Kier alpha value is -2.77. The van der Waals surface area contributed by atoms with Gasteiger partial charge in [-0.1, -0.05) is 23.7 Å². The summed E-state index contributed by atoms with van der Waals surface area (Å²) in [5.41, 5.74) is 3.07. The molecular formula is C19H18ClN5O2. The van der Waals surface area contributed by atoms with E-state index in [0.717, 1.165) is 17.8 Å². The molecule has 138 valence electrons. The van der Waals surface area contributed by atoms with E-state index in [0.29, 0.717) is 47.2 Å². The van der Waals surface area contributed by atoms with Gasteiger partial charge in [-0.3, -0.25) is 9.69 Å². The van der Waals surface area contributed by atoms with Gasteiger partial charge in [0.05, 0.1) is 29.0 Å². The number of fused-ring (bicyclic) bond motifs is 1. The molecule has 1 aliphatic heterocycles. The SMILES string of the molecule is COc1cccc(CN2CCc3nc(-c4cncnc4)[nH]c(=O)c3C2)c1Cl. The first-order chi connectivity index (χ1) is 13.2. The molecule has 3 aromatic rings. The molecule has 0 fully saturated rings. The summed E-state index contributed by atoms with van der Waals surface area (Å²) in [7, 11) is 1.60. The predicted octanol–water partition coefficient (Wildman–Crippen LogP) is 2.45. The Morgan fingerprint density at radius 2 is 2.11 bits per heavy atom. The highest BCUT2D eigenvalue weighted by Gasteiger charge is 2.22. The van der Waals surface area contributed by atoms with Gasteiger partial charge in [0, 0.05) is 38.4 Å². The second-order valence-corrected chi connectivity index (χ2v) is 6.74. The van der Waals surface area contributed by atoms with E-state index in [-0.39, 0.29) is 5.56 Å². The topological polar surface area (TPSA) is 84.0 Å². The fourth-order valence-electron chi connectivity index (χ4n) is 3.25. The van der Waals surface area contributed by atoms with Crippen LogP contribution in [0.15, 0.2) is 41.7 Å². The van der Waals surface area contributed by atoms with E-state index in [1.807, 2.05) is 18.2 Å². The Kier molecular flexibility index (Phi) is 4.87. The van der Waals surface area contributed by atoms with Gasteiger partial charge in [0.15, 0.2) is 0 Å². The molecule has 7 nitrogen and oxygen atoms in total. The summed E-state index contributed by atoms with van der Waals surface area (Å²) in [6, 6.07) is 5.72. The van der Waals surface area contributed by atoms with E-state index >= 15 is 0 Å². The Morgan fingerprint density at radius 1 is 1.30 bits per heavy atom.